The Bertz CT molecular complexity index is 454. The topological polar surface area (TPSA) is 28.2 Å². The first-order valence-corrected chi connectivity index (χ1v) is 8.21. The van der Waals surface area contributed by atoms with Crippen molar-refractivity contribution in [1.82, 2.24) is 10.3 Å². The molecule has 1 atom stereocenters. The Balaban J connectivity index is 1.61. The fourth-order valence-electron chi connectivity index (χ4n) is 3.17. The summed E-state index contributed by atoms with van der Waals surface area (Å²) < 4.78 is 0. The van der Waals surface area contributed by atoms with E-state index in [2.05, 4.69) is 36.2 Å². The van der Waals surface area contributed by atoms with Gasteiger partial charge in [0.15, 0.2) is 0 Å². The van der Waals surface area contributed by atoms with Crippen molar-refractivity contribution in [2.45, 2.75) is 58.5 Å². The summed E-state index contributed by atoms with van der Waals surface area (Å²) in [6, 6.07) is 5.24. The van der Waals surface area contributed by atoms with E-state index in [4.69, 9.17) is 4.98 Å². The molecule has 20 heavy (non-hydrogen) atoms. The molecule has 1 unspecified atom stereocenters. The lowest BCUT2D eigenvalue weighted by atomic mass is 10.0. The molecule has 3 nitrogen and oxygen atoms in total. The van der Waals surface area contributed by atoms with E-state index in [0.29, 0.717) is 0 Å². The summed E-state index contributed by atoms with van der Waals surface area (Å²) in [4.78, 5) is 7.30. The highest BCUT2D eigenvalue weighted by Gasteiger charge is 2.23. The van der Waals surface area contributed by atoms with Gasteiger partial charge in [-0.3, -0.25) is 0 Å². The van der Waals surface area contributed by atoms with Crippen LogP contribution in [-0.2, 0) is 6.54 Å². The molecule has 1 saturated carbocycles. The zero-order valence-electron chi connectivity index (χ0n) is 12.9. The molecule has 3 rings (SSSR count). The van der Waals surface area contributed by atoms with Crippen LogP contribution in [0.5, 0.6) is 0 Å². The molecular formula is C17H27N3. The molecule has 1 saturated heterocycles. The van der Waals surface area contributed by atoms with Crippen LogP contribution >= 0.6 is 0 Å². The second kappa shape index (κ2) is 6.13. The lowest BCUT2D eigenvalue weighted by Gasteiger charge is -2.19. The molecule has 1 aromatic rings. The van der Waals surface area contributed by atoms with Crippen molar-refractivity contribution in [3.63, 3.8) is 0 Å². The predicted octanol–water partition coefficient (Wildman–Crippen LogP) is 3.27. The van der Waals surface area contributed by atoms with E-state index in [-0.39, 0.29) is 0 Å². The van der Waals surface area contributed by atoms with E-state index in [0.717, 1.165) is 18.5 Å². The van der Waals surface area contributed by atoms with Gasteiger partial charge in [0.2, 0.25) is 0 Å². The summed E-state index contributed by atoms with van der Waals surface area (Å²) in [5.74, 6) is 2.05. The Kier molecular flexibility index (Phi) is 4.25. The van der Waals surface area contributed by atoms with Gasteiger partial charge in [0.25, 0.3) is 0 Å². The molecule has 1 aliphatic carbocycles. The lowest BCUT2D eigenvalue weighted by molar-refractivity contribution is 0.529. The Morgan fingerprint density at radius 1 is 1.30 bits per heavy atom. The summed E-state index contributed by atoms with van der Waals surface area (Å²) in [6.45, 7) is 7.78. The van der Waals surface area contributed by atoms with Crippen molar-refractivity contribution < 1.29 is 0 Å². The normalized spacial score (nSPS) is 22.5. The molecule has 0 amide bonds. The minimum Gasteiger partial charge on any atom is -0.356 e. The second-order valence-electron chi connectivity index (χ2n) is 6.46. The Hall–Kier alpha value is -1.09. The van der Waals surface area contributed by atoms with Gasteiger partial charge < -0.3 is 10.2 Å². The Morgan fingerprint density at radius 3 is 2.85 bits per heavy atom. The Morgan fingerprint density at radius 2 is 2.15 bits per heavy atom. The molecule has 110 valence electrons. The maximum atomic E-state index is 4.83. The van der Waals surface area contributed by atoms with Gasteiger partial charge in [0.05, 0.1) is 0 Å². The first-order chi connectivity index (χ1) is 9.76. The number of rotatable bonds is 6. The minimum absolute atomic E-state index is 0.766. The monoisotopic (exact) mass is 273 g/mol. The predicted molar refractivity (Wildman–Crippen MR) is 84.1 cm³/mol. The van der Waals surface area contributed by atoms with Gasteiger partial charge in [0.1, 0.15) is 5.82 Å². The van der Waals surface area contributed by atoms with Crippen LogP contribution in [0.2, 0.25) is 0 Å². The van der Waals surface area contributed by atoms with Gasteiger partial charge in [-0.15, -0.1) is 0 Å². The molecular weight excluding hydrogens is 246 g/mol. The number of pyridine rings is 1. The second-order valence-corrected chi connectivity index (χ2v) is 6.46. The summed E-state index contributed by atoms with van der Waals surface area (Å²) in [5.41, 5.74) is 2.54. The molecule has 2 heterocycles. The zero-order chi connectivity index (χ0) is 13.9. The maximum absolute atomic E-state index is 4.83. The van der Waals surface area contributed by atoms with Crippen LogP contribution < -0.4 is 10.2 Å². The van der Waals surface area contributed by atoms with Crippen LogP contribution in [0.15, 0.2) is 12.1 Å². The van der Waals surface area contributed by atoms with Crippen LogP contribution in [-0.4, -0.2) is 24.1 Å². The van der Waals surface area contributed by atoms with Gasteiger partial charge >= 0.3 is 0 Å². The van der Waals surface area contributed by atoms with Crippen LogP contribution in [0, 0.1) is 12.8 Å². The van der Waals surface area contributed by atoms with Crippen LogP contribution in [0.25, 0.3) is 0 Å². The third kappa shape index (κ3) is 3.32. The summed E-state index contributed by atoms with van der Waals surface area (Å²) in [5, 5.41) is 3.57. The molecule has 1 aromatic heterocycles. The van der Waals surface area contributed by atoms with E-state index in [9.17, 15) is 0 Å². The van der Waals surface area contributed by atoms with Crippen molar-refractivity contribution in [2.75, 3.05) is 18.0 Å². The van der Waals surface area contributed by atoms with Crippen LogP contribution in [0.3, 0.4) is 0 Å². The SMILES string of the molecule is CCCC1CCN(c2ccc(CNC3CC3)c(C)n2)C1. The molecule has 1 aliphatic heterocycles. The van der Waals surface area contributed by atoms with E-state index < -0.39 is 0 Å². The van der Waals surface area contributed by atoms with Crippen LogP contribution in [0.1, 0.15) is 50.3 Å². The molecule has 0 radical (unpaired) electrons. The van der Waals surface area contributed by atoms with E-state index in [1.54, 1.807) is 0 Å². The summed E-state index contributed by atoms with van der Waals surface area (Å²) in [7, 11) is 0. The van der Waals surface area contributed by atoms with Crippen molar-refractivity contribution in [3.05, 3.63) is 23.4 Å². The van der Waals surface area contributed by atoms with E-state index in [1.165, 1.54) is 62.3 Å². The van der Waals surface area contributed by atoms with Crippen LogP contribution in [0.4, 0.5) is 5.82 Å². The van der Waals surface area contributed by atoms with Crippen molar-refractivity contribution in [3.8, 4) is 0 Å². The molecule has 0 spiro atoms. The smallest absolute Gasteiger partial charge is 0.128 e. The van der Waals surface area contributed by atoms with Gasteiger partial charge in [-0.1, -0.05) is 19.4 Å². The van der Waals surface area contributed by atoms with Crippen molar-refractivity contribution in [2.24, 2.45) is 5.92 Å². The summed E-state index contributed by atoms with van der Waals surface area (Å²) >= 11 is 0. The highest BCUT2D eigenvalue weighted by molar-refractivity contribution is 5.42. The molecule has 2 aliphatic rings. The number of anilines is 1. The van der Waals surface area contributed by atoms with Gasteiger partial charge in [-0.25, -0.2) is 4.98 Å². The van der Waals surface area contributed by atoms with Gasteiger partial charge in [0, 0.05) is 31.4 Å². The highest BCUT2D eigenvalue weighted by atomic mass is 15.2. The highest BCUT2D eigenvalue weighted by Crippen LogP contribution is 2.26. The van der Waals surface area contributed by atoms with Crippen molar-refractivity contribution in [1.29, 1.82) is 0 Å². The average Bonchev–Trinajstić information content (AvgIpc) is 3.16. The third-order valence-corrected chi connectivity index (χ3v) is 4.65. The zero-order valence-corrected chi connectivity index (χ0v) is 12.9. The summed E-state index contributed by atoms with van der Waals surface area (Å²) in [6.07, 6.45) is 6.68. The Labute approximate surface area is 122 Å². The average molecular weight is 273 g/mol. The number of nitrogens with one attached hydrogen (secondary N) is 1. The van der Waals surface area contributed by atoms with Gasteiger partial charge in [-0.05, 0) is 50.2 Å². The fraction of sp³-hybridized carbons (Fsp3) is 0.706. The number of hydrogen-bond donors (Lipinski definition) is 1. The minimum atomic E-state index is 0.766. The first-order valence-electron chi connectivity index (χ1n) is 8.21. The number of aromatic nitrogens is 1. The molecule has 0 aromatic carbocycles. The van der Waals surface area contributed by atoms with Gasteiger partial charge in [-0.2, -0.15) is 0 Å². The number of nitrogens with zero attached hydrogens (tertiary/aromatic N) is 2. The number of aryl methyl sites for hydroxylation is 1. The largest absolute Gasteiger partial charge is 0.356 e. The third-order valence-electron chi connectivity index (χ3n) is 4.65. The first kappa shape index (κ1) is 13.9. The quantitative estimate of drug-likeness (QED) is 0.862. The van der Waals surface area contributed by atoms with E-state index in [1.807, 2.05) is 0 Å². The molecule has 1 N–H and O–H groups in total. The number of hydrogen-bond acceptors (Lipinski definition) is 3. The fourth-order valence-corrected chi connectivity index (χ4v) is 3.17. The maximum Gasteiger partial charge on any atom is 0.128 e. The van der Waals surface area contributed by atoms with E-state index >= 15 is 0 Å². The lowest BCUT2D eigenvalue weighted by Crippen LogP contribution is -2.22. The standard InChI is InChI=1S/C17H27N3/c1-3-4-14-9-10-20(12-14)17-8-5-15(13(2)19-17)11-18-16-6-7-16/h5,8,14,16,18H,3-4,6-7,9-12H2,1-2H3. The molecule has 2 fully saturated rings. The molecule has 3 heteroatoms. The van der Waals surface area contributed by atoms with Crippen molar-refractivity contribution >= 4 is 5.82 Å². The molecule has 0 bridgehead atoms.